The van der Waals surface area contributed by atoms with Crippen molar-refractivity contribution in [2.24, 2.45) is 0 Å². The largest absolute Gasteiger partial charge is 0.339 e. The summed E-state index contributed by atoms with van der Waals surface area (Å²) in [4.78, 5) is 4.36. The maximum Gasteiger partial charge on any atom is 0.226 e. The number of nitrogens with zero attached hydrogens (tertiary/aromatic N) is 2. The Labute approximate surface area is 104 Å². The van der Waals surface area contributed by atoms with E-state index in [9.17, 15) is 0 Å². The second-order valence-corrected chi connectivity index (χ2v) is 4.48. The van der Waals surface area contributed by atoms with Crippen LogP contribution < -0.4 is 5.32 Å². The second kappa shape index (κ2) is 9.16. The van der Waals surface area contributed by atoms with Crippen LogP contribution in [0.1, 0.15) is 57.2 Å². The summed E-state index contributed by atoms with van der Waals surface area (Å²) < 4.78 is 5.20. The van der Waals surface area contributed by atoms with E-state index in [0.29, 0.717) is 0 Å². The van der Waals surface area contributed by atoms with Crippen LogP contribution in [-0.2, 0) is 12.8 Å². The summed E-state index contributed by atoms with van der Waals surface area (Å²) in [7, 11) is 1.93. The Balaban J connectivity index is 2.08. The van der Waals surface area contributed by atoms with Crippen molar-refractivity contribution in [2.75, 3.05) is 13.6 Å². The molecule has 0 radical (unpaired) electrons. The average molecular weight is 239 g/mol. The Hall–Kier alpha value is -0.900. The molecule has 0 aliphatic carbocycles. The summed E-state index contributed by atoms with van der Waals surface area (Å²) in [6.07, 6.45) is 9.55. The van der Waals surface area contributed by atoms with Crippen LogP contribution in [0.4, 0.5) is 0 Å². The van der Waals surface area contributed by atoms with Crippen LogP contribution in [0.2, 0.25) is 0 Å². The Kier molecular flexibility index (Phi) is 7.63. The van der Waals surface area contributed by atoms with Crippen molar-refractivity contribution in [1.29, 1.82) is 0 Å². The van der Waals surface area contributed by atoms with E-state index in [1.54, 1.807) is 0 Å². The molecule has 1 heterocycles. The number of hydrogen-bond donors (Lipinski definition) is 1. The Morgan fingerprint density at radius 1 is 1.06 bits per heavy atom. The molecule has 4 heteroatoms. The monoisotopic (exact) mass is 239 g/mol. The van der Waals surface area contributed by atoms with Gasteiger partial charge in [0, 0.05) is 19.4 Å². The van der Waals surface area contributed by atoms with Crippen LogP contribution in [0.25, 0.3) is 0 Å². The standard InChI is InChI=1S/C13H25N3O/c1-3-4-5-6-7-8-9-13-15-12(16-17-13)10-11-14-2/h14H,3-11H2,1-2H3. The van der Waals surface area contributed by atoms with Crippen LogP contribution in [0, 0.1) is 0 Å². The highest BCUT2D eigenvalue weighted by Gasteiger charge is 2.05. The number of rotatable bonds is 10. The molecule has 17 heavy (non-hydrogen) atoms. The van der Waals surface area contributed by atoms with Gasteiger partial charge in [-0.3, -0.25) is 0 Å². The molecule has 0 aliphatic heterocycles. The topological polar surface area (TPSA) is 51.0 Å². The number of aromatic nitrogens is 2. The van der Waals surface area contributed by atoms with Gasteiger partial charge >= 0.3 is 0 Å². The first-order chi connectivity index (χ1) is 8.36. The van der Waals surface area contributed by atoms with E-state index in [1.807, 2.05) is 7.05 Å². The van der Waals surface area contributed by atoms with Crippen LogP contribution in [-0.4, -0.2) is 23.7 Å². The third-order valence-corrected chi connectivity index (χ3v) is 2.85. The van der Waals surface area contributed by atoms with Crippen molar-refractivity contribution in [2.45, 2.75) is 58.3 Å². The van der Waals surface area contributed by atoms with Crippen molar-refractivity contribution in [3.8, 4) is 0 Å². The first-order valence-electron chi connectivity index (χ1n) is 6.83. The quantitative estimate of drug-likeness (QED) is 0.638. The number of nitrogens with one attached hydrogen (secondary N) is 1. The van der Waals surface area contributed by atoms with E-state index in [0.717, 1.165) is 37.5 Å². The molecule has 1 aromatic rings. The average Bonchev–Trinajstić information content (AvgIpc) is 2.79. The molecule has 0 saturated heterocycles. The molecular weight excluding hydrogens is 214 g/mol. The molecule has 0 amide bonds. The number of unbranched alkanes of at least 4 members (excludes halogenated alkanes) is 5. The lowest BCUT2D eigenvalue weighted by molar-refractivity contribution is 0.368. The highest BCUT2D eigenvalue weighted by molar-refractivity contribution is 4.87. The van der Waals surface area contributed by atoms with Gasteiger partial charge in [0.25, 0.3) is 0 Å². The Morgan fingerprint density at radius 2 is 1.82 bits per heavy atom. The van der Waals surface area contributed by atoms with E-state index < -0.39 is 0 Å². The minimum absolute atomic E-state index is 0.798. The second-order valence-electron chi connectivity index (χ2n) is 4.48. The predicted octanol–water partition coefficient (Wildman–Crippen LogP) is 2.73. The molecule has 0 aliphatic rings. The van der Waals surface area contributed by atoms with E-state index >= 15 is 0 Å². The number of likely N-dealkylation sites (N-methyl/N-ethyl adjacent to an activating group) is 1. The number of hydrogen-bond acceptors (Lipinski definition) is 4. The molecule has 0 atom stereocenters. The van der Waals surface area contributed by atoms with E-state index in [2.05, 4.69) is 22.4 Å². The molecule has 1 aromatic heterocycles. The van der Waals surface area contributed by atoms with Crippen molar-refractivity contribution < 1.29 is 4.52 Å². The van der Waals surface area contributed by atoms with Crippen molar-refractivity contribution in [3.05, 3.63) is 11.7 Å². The third-order valence-electron chi connectivity index (χ3n) is 2.85. The molecule has 0 aromatic carbocycles. The smallest absolute Gasteiger partial charge is 0.226 e. The lowest BCUT2D eigenvalue weighted by Crippen LogP contribution is -2.11. The van der Waals surface area contributed by atoms with E-state index in [1.165, 1.54) is 32.1 Å². The molecule has 0 spiro atoms. The lowest BCUT2D eigenvalue weighted by atomic mass is 10.1. The molecular formula is C13H25N3O. The van der Waals surface area contributed by atoms with Gasteiger partial charge in [0.2, 0.25) is 5.89 Å². The van der Waals surface area contributed by atoms with Crippen molar-refractivity contribution >= 4 is 0 Å². The lowest BCUT2D eigenvalue weighted by Gasteiger charge is -1.97. The number of aryl methyl sites for hydroxylation is 1. The Morgan fingerprint density at radius 3 is 2.59 bits per heavy atom. The van der Waals surface area contributed by atoms with Crippen LogP contribution in [0.3, 0.4) is 0 Å². The maximum absolute atomic E-state index is 5.20. The molecule has 0 saturated carbocycles. The summed E-state index contributed by atoms with van der Waals surface area (Å²) in [5.74, 6) is 1.62. The van der Waals surface area contributed by atoms with Gasteiger partial charge in [0.15, 0.2) is 5.82 Å². The fourth-order valence-electron chi connectivity index (χ4n) is 1.79. The van der Waals surface area contributed by atoms with Crippen molar-refractivity contribution in [3.63, 3.8) is 0 Å². The minimum atomic E-state index is 0.798. The summed E-state index contributed by atoms with van der Waals surface area (Å²) in [5, 5.41) is 7.03. The fraction of sp³-hybridized carbons (Fsp3) is 0.846. The zero-order valence-corrected chi connectivity index (χ0v) is 11.2. The van der Waals surface area contributed by atoms with Gasteiger partial charge < -0.3 is 9.84 Å². The molecule has 0 unspecified atom stereocenters. The van der Waals surface area contributed by atoms with Gasteiger partial charge in [-0.15, -0.1) is 0 Å². The molecule has 0 fully saturated rings. The van der Waals surface area contributed by atoms with Crippen molar-refractivity contribution in [1.82, 2.24) is 15.5 Å². The highest BCUT2D eigenvalue weighted by atomic mass is 16.5. The van der Waals surface area contributed by atoms with Gasteiger partial charge in [-0.2, -0.15) is 4.98 Å². The molecule has 0 bridgehead atoms. The molecule has 1 rings (SSSR count). The third kappa shape index (κ3) is 6.41. The van der Waals surface area contributed by atoms with Crippen LogP contribution in [0.15, 0.2) is 4.52 Å². The zero-order chi connectivity index (χ0) is 12.3. The minimum Gasteiger partial charge on any atom is -0.339 e. The van der Waals surface area contributed by atoms with Gasteiger partial charge in [-0.05, 0) is 13.5 Å². The fourth-order valence-corrected chi connectivity index (χ4v) is 1.79. The van der Waals surface area contributed by atoms with Crippen LogP contribution in [0.5, 0.6) is 0 Å². The predicted molar refractivity (Wildman–Crippen MR) is 69.0 cm³/mol. The summed E-state index contributed by atoms with van der Waals surface area (Å²) in [6, 6.07) is 0. The highest BCUT2D eigenvalue weighted by Crippen LogP contribution is 2.08. The normalized spacial score (nSPS) is 10.9. The van der Waals surface area contributed by atoms with E-state index in [-0.39, 0.29) is 0 Å². The summed E-state index contributed by atoms with van der Waals surface area (Å²) in [5.41, 5.74) is 0. The summed E-state index contributed by atoms with van der Waals surface area (Å²) in [6.45, 7) is 3.14. The van der Waals surface area contributed by atoms with Gasteiger partial charge in [0.05, 0.1) is 0 Å². The first kappa shape index (κ1) is 14.2. The van der Waals surface area contributed by atoms with Gasteiger partial charge in [-0.1, -0.05) is 44.2 Å². The zero-order valence-electron chi connectivity index (χ0n) is 11.2. The Bertz CT molecular complexity index is 286. The first-order valence-corrected chi connectivity index (χ1v) is 6.83. The SMILES string of the molecule is CCCCCCCCc1nc(CCNC)no1. The molecule has 4 nitrogen and oxygen atoms in total. The van der Waals surface area contributed by atoms with E-state index in [4.69, 9.17) is 4.52 Å². The van der Waals surface area contributed by atoms with Gasteiger partial charge in [-0.25, -0.2) is 0 Å². The molecule has 98 valence electrons. The summed E-state index contributed by atoms with van der Waals surface area (Å²) >= 11 is 0. The van der Waals surface area contributed by atoms with Crippen LogP contribution >= 0.6 is 0 Å². The van der Waals surface area contributed by atoms with Gasteiger partial charge in [0.1, 0.15) is 0 Å². The molecule has 1 N–H and O–H groups in total. The maximum atomic E-state index is 5.20.